The molecule has 26 heavy (non-hydrogen) atoms. The number of pyridine rings is 1. The molecule has 0 saturated carbocycles. The number of nitrogens with zero attached hydrogens (tertiary/aromatic N) is 3. The highest BCUT2D eigenvalue weighted by molar-refractivity contribution is 5.96. The Morgan fingerprint density at radius 2 is 1.92 bits per heavy atom. The van der Waals surface area contributed by atoms with E-state index in [4.69, 9.17) is 4.42 Å². The van der Waals surface area contributed by atoms with Gasteiger partial charge in [-0.05, 0) is 37.9 Å². The van der Waals surface area contributed by atoms with Crippen LogP contribution < -0.4 is 5.63 Å². The van der Waals surface area contributed by atoms with Crippen molar-refractivity contribution >= 4 is 16.9 Å². The van der Waals surface area contributed by atoms with E-state index in [2.05, 4.69) is 4.98 Å². The first kappa shape index (κ1) is 17.8. The van der Waals surface area contributed by atoms with Crippen LogP contribution in [0.3, 0.4) is 0 Å². The molecule has 2 heterocycles. The normalized spacial score (nSPS) is 11.0. The van der Waals surface area contributed by atoms with Gasteiger partial charge >= 0.3 is 5.63 Å². The number of aromatic nitrogens is 1. The fourth-order valence-electron chi connectivity index (χ4n) is 2.67. The van der Waals surface area contributed by atoms with E-state index in [0.29, 0.717) is 25.2 Å². The largest absolute Gasteiger partial charge is 0.422 e. The lowest BCUT2D eigenvalue weighted by Gasteiger charge is -2.24. The Morgan fingerprint density at radius 1 is 1.12 bits per heavy atom. The SMILES string of the molecule is CN(C)CCN(Cc1cccnc1)C(=O)c1cc2ccccc2oc1=O. The molecule has 0 saturated heterocycles. The molecule has 3 rings (SSSR count). The van der Waals surface area contributed by atoms with Crippen molar-refractivity contribution in [3.05, 3.63) is 76.4 Å². The lowest BCUT2D eigenvalue weighted by atomic mass is 10.1. The Morgan fingerprint density at radius 3 is 2.65 bits per heavy atom. The highest BCUT2D eigenvalue weighted by Crippen LogP contribution is 2.15. The average Bonchev–Trinajstić information content (AvgIpc) is 2.64. The molecule has 0 aliphatic heterocycles. The third-order valence-electron chi connectivity index (χ3n) is 4.07. The number of carbonyl (C=O) groups is 1. The third kappa shape index (κ3) is 4.15. The van der Waals surface area contributed by atoms with Gasteiger partial charge in [-0.2, -0.15) is 0 Å². The maximum Gasteiger partial charge on any atom is 0.349 e. The van der Waals surface area contributed by atoms with Crippen LogP contribution in [0.15, 0.2) is 64.1 Å². The second-order valence-corrected chi connectivity index (χ2v) is 6.38. The zero-order chi connectivity index (χ0) is 18.5. The zero-order valence-corrected chi connectivity index (χ0v) is 14.9. The molecule has 6 nitrogen and oxygen atoms in total. The van der Waals surface area contributed by atoms with Crippen molar-refractivity contribution < 1.29 is 9.21 Å². The van der Waals surface area contributed by atoms with E-state index in [1.54, 1.807) is 35.5 Å². The Bertz CT molecular complexity index is 951. The van der Waals surface area contributed by atoms with Crippen molar-refractivity contribution in [2.24, 2.45) is 0 Å². The summed E-state index contributed by atoms with van der Waals surface area (Å²) in [5.74, 6) is -0.338. The van der Waals surface area contributed by atoms with E-state index in [0.717, 1.165) is 10.9 Å². The Hall–Kier alpha value is -2.99. The van der Waals surface area contributed by atoms with Gasteiger partial charge in [0, 0.05) is 37.4 Å². The standard InChI is InChI=1S/C20H21N3O3/c1-22(2)10-11-23(14-15-6-5-9-21-13-15)19(24)17-12-16-7-3-4-8-18(16)26-20(17)25/h3-9,12-13H,10-11,14H2,1-2H3. The van der Waals surface area contributed by atoms with E-state index >= 15 is 0 Å². The molecule has 0 radical (unpaired) electrons. The van der Waals surface area contributed by atoms with Crippen LogP contribution in [0, 0.1) is 0 Å². The minimum atomic E-state index is -0.616. The molecule has 1 amide bonds. The van der Waals surface area contributed by atoms with Crippen LogP contribution in [0.25, 0.3) is 11.0 Å². The molecular formula is C20H21N3O3. The summed E-state index contributed by atoms with van der Waals surface area (Å²) in [7, 11) is 3.88. The Kier molecular flexibility index (Phi) is 5.43. The number of amides is 1. The molecular weight excluding hydrogens is 330 g/mol. The summed E-state index contributed by atoms with van der Waals surface area (Å²) in [6.07, 6.45) is 3.41. The minimum Gasteiger partial charge on any atom is -0.422 e. The van der Waals surface area contributed by atoms with Gasteiger partial charge in [-0.3, -0.25) is 9.78 Å². The third-order valence-corrected chi connectivity index (χ3v) is 4.07. The summed E-state index contributed by atoms with van der Waals surface area (Å²) < 4.78 is 5.31. The Labute approximate surface area is 151 Å². The quantitative estimate of drug-likeness (QED) is 0.638. The second-order valence-electron chi connectivity index (χ2n) is 6.38. The lowest BCUT2D eigenvalue weighted by Crippen LogP contribution is -2.38. The molecule has 0 fully saturated rings. The van der Waals surface area contributed by atoms with Gasteiger partial charge in [-0.25, -0.2) is 4.79 Å². The average molecular weight is 351 g/mol. The van der Waals surface area contributed by atoms with Gasteiger partial charge in [0.25, 0.3) is 5.91 Å². The minimum absolute atomic E-state index is 0.0475. The highest BCUT2D eigenvalue weighted by Gasteiger charge is 2.21. The maximum absolute atomic E-state index is 13.1. The number of carbonyl (C=O) groups excluding carboxylic acids is 1. The van der Waals surface area contributed by atoms with Crippen molar-refractivity contribution in [2.75, 3.05) is 27.2 Å². The lowest BCUT2D eigenvalue weighted by molar-refractivity contribution is 0.0727. The van der Waals surface area contributed by atoms with Gasteiger partial charge in [-0.15, -0.1) is 0 Å². The van der Waals surface area contributed by atoms with Gasteiger partial charge in [0.05, 0.1) is 0 Å². The first-order valence-electron chi connectivity index (χ1n) is 8.40. The van der Waals surface area contributed by atoms with Gasteiger partial charge in [0.2, 0.25) is 0 Å². The summed E-state index contributed by atoms with van der Waals surface area (Å²) in [6.45, 7) is 1.56. The summed E-state index contributed by atoms with van der Waals surface area (Å²) >= 11 is 0. The van der Waals surface area contributed by atoms with E-state index in [-0.39, 0.29) is 11.5 Å². The van der Waals surface area contributed by atoms with Gasteiger partial charge < -0.3 is 14.2 Å². The van der Waals surface area contributed by atoms with Crippen LogP contribution in [0.2, 0.25) is 0 Å². The number of likely N-dealkylation sites (N-methyl/N-ethyl adjacent to an activating group) is 1. The topological polar surface area (TPSA) is 66.7 Å². The predicted octanol–water partition coefficient (Wildman–Crippen LogP) is 2.39. The van der Waals surface area contributed by atoms with Crippen LogP contribution in [0.1, 0.15) is 15.9 Å². The van der Waals surface area contributed by atoms with Crippen molar-refractivity contribution in [3.8, 4) is 0 Å². The maximum atomic E-state index is 13.1. The smallest absolute Gasteiger partial charge is 0.349 e. The van der Waals surface area contributed by atoms with Crippen molar-refractivity contribution in [3.63, 3.8) is 0 Å². The molecule has 0 atom stereocenters. The fraction of sp³-hybridized carbons (Fsp3) is 0.250. The van der Waals surface area contributed by atoms with Crippen molar-refractivity contribution in [2.45, 2.75) is 6.54 Å². The van der Waals surface area contributed by atoms with Gasteiger partial charge in [0.15, 0.2) is 0 Å². The second kappa shape index (κ2) is 7.93. The van der Waals surface area contributed by atoms with Crippen molar-refractivity contribution in [1.82, 2.24) is 14.8 Å². The molecule has 0 aliphatic carbocycles. The van der Waals surface area contributed by atoms with Gasteiger partial charge in [-0.1, -0.05) is 24.3 Å². The molecule has 0 bridgehead atoms. The number of para-hydroxylation sites is 1. The first-order valence-corrected chi connectivity index (χ1v) is 8.40. The van der Waals surface area contributed by atoms with Crippen LogP contribution in [-0.4, -0.2) is 47.9 Å². The molecule has 1 aromatic carbocycles. The number of hydrogen-bond acceptors (Lipinski definition) is 5. The molecule has 3 aromatic rings. The summed E-state index contributed by atoms with van der Waals surface area (Å²) in [5.41, 5.74) is 0.812. The van der Waals surface area contributed by atoms with E-state index < -0.39 is 5.63 Å². The molecule has 6 heteroatoms. The fourth-order valence-corrected chi connectivity index (χ4v) is 2.67. The molecule has 2 aromatic heterocycles. The molecule has 0 N–H and O–H groups in total. The number of hydrogen-bond donors (Lipinski definition) is 0. The zero-order valence-electron chi connectivity index (χ0n) is 14.9. The summed E-state index contributed by atoms with van der Waals surface area (Å²) in [6, 6.07) is 12.5. The van der Waals surface area contributed by atoms with E-state index in [9.17, 15) is 9.59 Å². The summed E-state index contributed by atoms with van der Waals surface area (Å²) in [5, 5.41) is 0.726. The molecule has 0 spiro atoms. The number of benzene rings is 1. The van der Waals surface area contributed by atoms with Gasteiger partial charge in [0.1, 0.15) is 11.1 Å². The molecule has 0 aliphatic rings. The first-order chi connectivity index (χ1) is 12.5. The Balaban J connectivity index is 1.93. The van der Waals surface area contributed by atoms with Crippen molar-refractivity contribution in [1.29, 1.82) is 0 Å². The van der Waals surface area contributed by atoms with Crippen LogP contribution in [0.4, 0.5) is 0 Å². The highest BCUT2D eigenvalue weighted by atomic mass is 16.4. The predicted molar refractivity (Wildman–Crippen MR) is 100 cm³/mol. The molecule has 0 unspecified atom stereocenters. The summed E-state index contributed by atoms with van der Waals surface area (Å²) in [4.78, 5) is 33.1. The van der Waals surface area contributed by atoms with Crippen LogP contribution >= 0.6 is 0 Å². The van der Waals surface area contributed by atoms with Crippen LogP contribution in [0.5, 0.6) is 0 Å². The number of rotatable bonds is 6. The monoisotopic (exact) mass is 351 g/mol. The molecule has 134 valence electrons. The van der Waals surface area contributed by atoms with E-state index in [1.807, 2.05) is 43.3 Å². The van der Waals surface area contributed by atoms with Crippen LogP contribution in [-0.2, 0) is 6.54 Å². The number of fused-ring (bicyclic) bond motifs is 1. The van der Waals surface area contributed by atoms with E-state index in [1.165, 1.54) is 0 Å².